The van der Waals surface area contributed by atoms with E-state index in [0.29, 0.717) is 28.7 Å². The Balaban J connectivity index is 1.49. The van der Waals surface area contributed by atoms with Crippen molar-refractivity contribution in [1.29, 1.82) is 0 Å². The Labute approximate surface area is 193 Å². The minimum atomic E-state index is -0.232. The van der Waals surface area contributed by atoms with Gasteiger partial charge >= 0.3 is 0 Å². The van der Waals surface area contributed by atoms with Gasteiger partial charge in [-0.3, -0.25) is 4.79 Å². The maximum atomic E-state index is 12.6. The predicted octanol–water partition coefficient (Wildman–Crippen LogP) is 3.82. The van der Waals surface area contributed by atoms with E-state index in [1.54, 1.807) is 11.8 Å². The summed E-state index contributed by atoms with van der Waals surface area (Å²) in [5, 5.41) is 22.3. The predicted molar refractivity (Wildman–Crippen MR) is 128 cm³/mol. The number of aromatic nitrogens is 8. The number of aromatic amines is 2. The van der Waals surface area contributed by atoms with Crippen LogP contribution in [0.15, 0.2) is 58.4 Å². The lowest BCUT2D eigenvalue weighted by Crippen LogP contribution is -2.14. The minimum absolute atomic E-state index is 0.232. The van der Waals surface area contributed by atoms with Crippen LogP contribution < -0.4 is 5.56 Å². The number of thioether (sulfide) groups is 1. The molecule has 0 saturated carbocycles. The number of hydrogen-bond acceptors (Lipinski definition) is 7. The van der Waals surface area contributed by atoms with Crippen molar-refractivity contribution in [2.75, 3.05) is 0 Å². The number of tetrazole rings is 1. The number of fused-ring (bicyclic) bond motifs is 1. The molecule has 0 aliphatic carbocycles. The Morgan fingerprint density at radius 3 is 2.48 bits per heavy atom. The van der Waals surface area contributed by atoms with E-state index in [0.717, 1.165) is 33.1 Å². The topological polar surface area (TPSA) is 118 Å². The Morgan fingerprint density at radius 2 is 1.79 bits per heavy atom. The molecule has 5 aromatic rings. The standard InChI is InChI=1S/C23H22N8OS/c1-13(2)33-23-19-20(22(32)27-28-23)31(14(3)24-19)12-15-8-10-16(11-9-15)17-6-4-5-7-18(17)21-25-29-30-26-21/h4-11,13H,12H2,1-3H3,(H,27,32)(H,25,26,29,30). The van der Waals surface area contributed by atoms with Gasteiger partial charge in [-0.1, -0.05) is 74.1 Å². The Morgan fingerprint density at radius 1 is 1.03 bits per heavy atom. The molecule has 0 amide bonds. The van der Waals surface area contributed by atoms with Crippen molar-refractivity contribution in [3.63, 3.8) is 0 Å². The second-order valence-electron chi connectivity index (χ2n) is 7.94. The Hall–Kier alpha value is -3.79. The van der Waals surface area contributed by atoms with E-state index in [9.17, 15) is 4.79 Å². The van der Waals surface area contributed by atoms with E-state index in [1.807, 2.05) is 35.8 Å². The normalized spacial score (nSPS) is 11.5. The van der Waals surface area contributed by atoms with Gasteiger partial charge in [-0.15, -0.1) is 10.2 Å². The van der Waals surface area contributed by atoms with E-state index in [1.165, 1.54) is 0 Å². The van der Waals surface area contributed by atoms with Gasteiger partial charge in [0.05, 0.1) is 0 Å². The summed E-state index contributed by atoms with van der Waals surface area (Å²) in [7, 11) is 0. The van der Waals surface area contributed by atoms with Crippen LogP contribution in [-0.4, -0.2) is 45.6 Å². The minimum Gasteiger partial charge on any atom is -0.319 e. The molecule has 0 unspecified atom stereocenters. The van der Waals surface area contributed by atoms with Crippen LogP contribution in [0.5, 0.6) is 0 Å². The molecule has 2 N–H and O–H groups in total. The highest BCUT2D eigenvalue weighted by Crippen LogP contribution is 2.30. The molecule has 0 fully saturated rings. The SMILES string of the molecule is Cc1nc2c(SC(C)C)n[nH]c(=O)c2n1Cc1ccc(-c2ccccc2-c2nn[nH]n2)cc1. The number of imidazole rings is 1. The highest BCUT2D eigenvalue weighted by molar-refractivity contribution is 8.00. The maximum Gasteiger partial charge on any atom is 0.290 e. The lowest BCUT2D eigenvalue weighted by molar-refractivity contribution is 0.779. The van der Waals surface area contributed by atoms with Crippen LogP contribution in [-0.2, 0) is 6.54 Å². The van der Waals surface area contributed by atoms with Gasteiger partial charge in [-0.05, 0) is 28.8 Å². The number of nitrogens with zero attached hydrogens (tertiary/aromatic N) is 6. The molecule has 2 aromatic carbocycles. The number of H-pyrrole nitrogens is 2. The fourth-order valence-corrected chi connectivity index (χ4v) is 4.63. The molecule has 0 aliphatic heterocycles. The average Bonchev–Trinajstić information content (AvgIpc) is 3.45. The number of benzene rings is 2. The van der Waals surface area contributed by atoms with E-state index in [4.69, 9.17) is 0 Å². The molecule has 5 rings (SSSR count). The molecule has 166 valence electrons. The zero-order valence-electron chi connectivity index (χ0n) is 18.4. The van der Waals surface area contributed by atoms with E-state index < -0.39 is 0 Å². The first-order valence-electron chi connectivity index (χ1n) is 10.6. The molecule has 3 aromatic heterocycles. The van der Waals surface area contributed by atoms with E-state index in [2.05, 4.69) is 73.9 Å². The summed E-state index contributed by atoms with van der Waals surface area (Å²) >= 11 is 1.59. The molecular formula is C23H22N8OS. The van der Waals surface area contributed by atoms with Gasteiger partial charge in [0.2, 0.25) is 5.82 Å². The van der Waals surface area contributed by atoms with Crippen LogP contribution >= 0.6 is 11.8 Å². The van der Waals surface area contributed by atoms with Crippen LogP contribution in [0, 0.1) is 6.92 Å². The van der Waals surface area contributed by atoms with Crippen LogP contribution in [0.4, 0.5) is 0 Å². The molecule has 0 saturated heterocycles. The third kappa shape index (κ3) is 4.05. The molecular weight excluding hydrogens is 436 g/mol. The third-order valence-electron chi connectivity index (χ3n) is 5.30. The summed E-state index contributed by atoms with van der Waals surface area (Å²) in [6.45, 7) is 6.63. The summed E-state index contributed by atoms with van der Waals surface area (Å²) in [6, 6.07) is 16.2. The lowest BCUT2D eigenvalue weighted by Gasteiger charge is -2.10. The molecule has 0 aliphatic rings. The van der Waals surface area contributed by atoms with Crippen molar-refractivity contribution in [3.8, 4) is 22.5 Å². The second-order valence-corrected chi connectivity index (χ2v) is 9.51. The highest BCUT2D eigenvalue weighted by Gasteiger charge is 2.18. The fraction of sp³-hybridized carbons (Fsp3) is 0.217. The Kier molecular flexibility index (Phi) is 5.51. The van der Waals surface area contributed by atoms with Crippen molar-refractivity contribution in [1.82, 2.24) is 40.4 Å². The van der Waals surface area contributed by atoms with Gasteiger partial charge in [0.1, 0.15) is 21.9 Å². The number of hydrogen-bond donors (Lipinski definition) is 2. The molecule has 0 atom stereocenters. The summed E-state index contributed by atoms with van der Waals surface area (Å²) in [5.74, 6) is 1.33. The molecule has 10 heteroatoms. The van der Waals surface area contributed by atoms with Crippen LogP contribution in [0.25, 0.3) is 33.5 Å². The van der Waals surface area contributed by atoms with Gasteiger partial charge in [-0.2, -0.15) is 10.3 Å². The van der Waals surface area contributed by atoms with Crippen molar-refractivity contribution in [3.05, 3.63) is 70.3 Å². The number of nitrogens with one attached hydrogen (secondary N) is 2. The molecule has 0 radical (unpaired) electrons. The third-order valence-corrected chi connectivity index (χ3v) is 6.28. The summed E-state index contributed by atoms with van der Waals surface area (Å²) in [4.78, 5) is 17.3. The lowest BCUT2D eigenvalue weighted by atomic mass is 9.98. The average molecular weight is 459 g/mol. The smallest absolute Gasteiger partial charge is 0.290 e. The Bertz CT molecular complexity index is 1470. The van der Waals surface area contributed by atoms with Crippen LogP contribution in [0.2, 0.25) is 0 Å². The zero-order chi connectivity index (χ0) is 22.9. The van der Waals surface area contributed by atoms with Gasteiger partial charge in [0, 0.05) is 17.4 Å². The summed E-state index contributed by atoms with van der Waals surface area (Å²) in [5.41, 5.74) is 5.01. The molecule has 0 spiro atoms. The van der Waals surface area contributed by atoms with Crippen molar-refractivity contribution in [2.45, 2.75) is 37.6 Å². The fourth-order valence-electron chi connectivity index (χ4n) is 3.83. The van der Waals surface area contributed by atoms with E-state index >= 15 is 0 Å². The zero-order valence-corrected chi connectivity index (χ0v) is 19.2. The first kappa shape index (κ1) is 21.1. The maximum absolute atomic E-state index is 12.6. The first-order chi connectivity index (χ1) is 16.0. The molecule has 33 heavy (non-hydrogen) atoms. The van der Waals surface area contributed by atoms with Gasteiger partial charge in [-0.25, -0.2) is 10.1 Å². The number of aryl methyl sites for hydroxylation is 1. The van der Waals surface area contributed by atoms with Crippen LogP contribution in [0.3, 0.4) is 0 Å². The van der Waals surface area contributed by atoms with Gasteiger partial charge < -0.3 is 4.57 Å². The molecule has 3 heterocycles. The first-order valence-corrected chi connectivity index (χ1v) is 11.4. The second kappa shape index (κ2) is 8.62. The van der Waals surface area contributed by atoms with E-state index in [-0.39, 0.29) is 5.56 Å². The molecule has 0 bridgehead atoms. The van der Waals surface area contributed by atoms with Crippen molar-refractivity contribution < 1.29 is 0 Å². The van der Waals surface area contributed by atoms with Crippen molar-refractivity contribution in [2.24, 2.45) is 0 Å². The number of rotatable bonds is 6. The van der Waals surface area contributed by atoms with Gasteiger partial charge in [0.15, 0.2) is 0 Å². The summed E-state index contributed by atoms with van der Waals surface area (Å²) < 4.78 is 1.95. The highest BCUT2D eigenvalue weighted by atomic mass is 32.2. The largest absolute Gasteiger partial charge is 0.319 e. The monoisotopic (exact) mass is 458 g/mol. The molecule has 9 nitrogen and oxygen atoms in total. The summed E-state index contributed by atoms with van der Waals surface area (Å²) in [6.07, 6.45) is 0. The van der Waals surface area contributed by atoms with Crippen LogP contribution in [0.1, 0.15) is 25.2 Å². The van der Waals surface area contributed by atoms with Crippen molar-refractivity contribution >= 4 is 22.8 Å². The van der Waals surface area contributed by atoms with Gasteiger partial charge in [0.25, 0.3) is 5.56 Å². The quantitative estimate of drug-likeness (QED) is 0.371.